The minimum Gasteiger partial charge on any atom is -0.440 e. The normalized spacial score (nSPS) is 15.0. The molecular formula is C30H23F6N3O6S. The fourth-order valence-corrected chi connectivity index (χ4v) is 5.64. The minimum absolute atomic E-state index is 0.0138. The molecule has 0 saturated carbocycles. The van der Waals surface area contributed by atoms with Crippen LogP contribution < -0.4 is 15.2 Å². The van der Waals surface area contributed by atoms with Gasteiger partial charge in [-0.05, 0) is 66.6 Å². The lowest BCUT2D eigenvalue weighted by atomic mass is 9.97. The number of aliphatic hydroxyl groups is 1. The summed E-state index contributed by atoms with van der Waals surface area (Å²) in [6.07, 6.45) is -7.25. The van der Waals surface area contributed by atoms with E-state index >= 15 is 4.39 Å². The number of hydrogen-bond acceptors (Lipinski definition) is 9. The number of ether oxygens (including phenoxy) is 2. The second kappa shape index (κ2) is 11.5. The highest BCUT2D eigenvalue weighted by atomic mass is 32.2. The van der Waals surface area contributed by atoms with Crippen molar-refractivity contribution in [2.45, 2.75) is 37.8 Å². The van der Waals surface area contributed by atoms with Gasteiger partial charge in [-0.15, -0.1) is 8.78 Å². The van der Waals surface area contributed by atoms with Crippen molar-refractivity contribution in [2.75, 3.05) is 6.26 Å². The predicted molar refractivity (Wildman–Crippen MR) is 154 cm³/mol. The van der Waals surface area contributed by atoms with Crippen LogP contribution in [0, 0.1) is 12.7 Å². The SMILES string of the molecule is CC(C=C(N)C(F)(F)F)=Nc1ccc(-c2cc(F)c(CO)c(S(C)(=O)=O)c2)cc1-c1oc(C)nc1-c1ccc2c(c1)OC(F)(F)O2. The number of sulfone groups is 1. The fraction of sp³-hybridized carbons (Fsp3) is 0.200. The molecule has 0 aliphatic carbocycles. The Morgan fingerprint density at radius 1 is 1.04 bits per heavy atom. The Morgan fingerprint density at radius 2 is 1.72 bits per heavy atom. The molecule has 2 heterocycles. The smallest absolute Gasteiger partial charge is 0.440 e. The lowest BCUT2D eigenvalue weighted by Crippen LogP contribution is -2.25. The largest absolute Gasteiger partial charge is 0.586 e. The molecule has 4 aromatic rings. The number of rotatable bonds is 7. The molecule has 0 spiro atoms. The van der Waals surface area contributed by atoms with Gasteiger partial charge in [-0.25, -0.2) is 17.8 Å². The summed E-state index contributed by atoms with van der Waals surface area (Å²) >= 11 is 0. The van der Waals surface area contributed by atoms with E-state index in [0.29, 0.717) is 6.08 Å². The van der Waals surface area contributed by atoms with Crippen LogP contribution in [-0.2, 0) is 16.4 Å². The van der Waals surface area contributed by atoms with Crippen molar-refractivity contribution in [3.63, 3.8) is 0 Å². The van der Waals surface area contributed by atoms with E-state index in [1.54, 1.807) is 0 Å². The first-order valence-electron chi connectivity index (χ1n) is 13.1. The first-order chi connectivity index (χ1) is 21.4. The molecular weight excluding hydrogens is 644 g/mol. The van der Waals surface area contributed by atoms with Crippen molar-refractivity contribution in [1.82, 2.24) is 4.98 Å². The van der Waals surface area contributed by atoms with Crippen LogP contribution in [0.25, 0.3) is 33.7 Å². The molecule has 0 amide bonds. The van der Waals surface area contributed by atoms with Gasteiger partial charge in [0.25, 0.3) is 0 Å². The summed E-state index contributed by atoms with van der Waals surface area (Å²) in [5, 5.41) is 9.60. The minimum atomic E-state index is -4.82. The van der Waals surface area contributed by atoms with E-state index in [1.807, 2.05) is 0 Å². The second-order valence-corrected chi connectivity index (χ2v) is 12.2. The molecule has 46 heavy (non-hydrogen) atoms. The Kier molecular flexibility index (Phi) is 8.15. The molecule has 3 N–H and O–H groups in total. The Labute approximate surface area is 257 Å². The van der Waals surface area contributed by atoms with E-state index in [-0.39, 0.29) is 62.5 Å². The molecule has 16 heteroatoms. The Balaban J connectivity index is 1.74. The Morgan fingerprint density at radius 3 is 2.37 bits per heavy atom. The molecule has 0 atom stereocenters. The number of halogens is 6. The number of aryl methyl sites for hydroxylation is 1. The molecule has 0 unspecified atom stereocenters. The van der Waals surface area contributed by atoms with Gasteiger partial charge in [0.2, 0.25) is 0 Å². The molecule has 242 valence electrons. The van der Waals surface area contributed by atoms with Crippen LogP contribution in [0.2, 0.25) is 0 Å². The van der Waals surface area contributed by atoms with Crippen molar-refractivity contribution < 1.29 is 53.8 Å². The van der Waals surface area contributed by atoms with Crippen LogP contribution in [0.1, 0.15) is 18.4 Å². The number of aliphatic hydroxyl groups excluding tert-OH is 1. The van der Waals surface area contributed by atoms with Crippen molar-refractivity contribution in [3.05, 3.63) is 77.6 Å². The number of oxazole rings is 1. The summed E-state index contributed by atoms with van der Waals surface area (Å²) in [6, 6.07) is 10.2. The molecule has 9 nitrogen and oxygen atoms in total. The third-order valence-corrected chi connectivity index (χ3v) is 7.85. The third kappa shape index (κ3) is 6.57. The fourth-order valence-electron chi connectivity index (χ4n) is 4.69. The Hall–Kier alpha value is -4.83. The highest BCUT2D eigenvalue weighted by Gasteiger charge is 2.43. The van der Waals surface area contributed by atoms with Crippen LogP contribution in [0.15, 0.2) is 74.6 Å². The van der Waals surface area contributed by atoms with Gasteiger partial charge in [0, 0.05) is 35.6 Å². The molecule has 0 radical (unpaired) electrons. The molecule has 1 aliphatic heterocycles. The molecule has 0 fully saturated rings. The van der Waals surface area contributed by atoms with Crippen molar-refractivity contribution >= 4 is 21.2 Å². The van der Waals surface area contributed by atoms with E-state index in [1.165, 1.54) is 50.2 Å². The number of nitrogens with two attached hydrogens (primary N) is 1. The maximum atomic E-state index is 15.0. The average molecular weight is 668 g/mol. The number of aromatic nitrogens is 1. The molecule has 3 aromatic carbocycles. The zero-order chi connectivity index (χ0) is 33.8. The summed E-state index contributed by atoms with van der Waals surface area (Å²) < 4.78 is 121. The number of nitrogens with zero attached hydrogens (tertiary/aromatic N) is 2. The van der Waals surface area contributed by atoms with Crippen LogP contribution in [0.3, 0.4) is 0 Å². The van der Waals surface area contributed by atoms with E-state index < -0.39 is 50.9 Å². The Bertz CT molecular complexity index is 2040. The number of aliphatic imine (C=N–C) groups is 1. The topological polar surface area (TPSA) is 137 Å². The lowest BCUT2D eigenvalue weighted by Gasteiger charge is -2.13. The number of allylic oxidation sites excluding steroid dienone is 2. The third-order valence-electron chi connectivity index (χ3n) is 6.68. The monoisotopic (exact) mass is 667 g/mol. The van der Waals surface area contributed by atoms with Gasteiger partial charge >= 0.3 is 12.5 Å². The van der Waals surface area contributed by atoms with Gasteiger partial charge in [0.1, 0.15) is 17.2 Å². The van der Waals surface area contributed by atoms with Crippen LogP contribution in [0.5, 0.6) is 11.5 Å². The summed E-state index contributed by atoms with van der Waals surface area (Å²) in [5.41, 5.74) is 3.89. The van der Waals surface area contributed by atoms with Crippen LogP contribution >= 0.6 is 0 Å². The highest BCUT2D eigenvalue weighted by molar-refractivity contribution is 7.90. The van der Waals surface area contributed by atoms with Crippen LogP contribution in [0.4, 0.5) is 32.0 Å². The maximum Gasteiger partial charge on any atom is 0.586 e. The van der Waals surface area contributed by atoms with Gasteiger partial charge < -0.3 is 24.7 Å². The number of benzene rings is 3. The zero-order valence-electron chi connectivity index (χ0n) is 24.0. The summed E-state index contributed by atoms with van der Waals surface area (Å²) in [7, 11) is -4.00. The molecule has 1 aromatic heterocycles. The maximum absolute atomic E-state index is 15.0. The second-order valence-electron chi connectivity index (χ2n) is 10.2. The van der Waals surface area contributed by atoms with E-state index in [4.69, 9.17) is 10.2 Å². The van der Waals surface area contributed by atoms with E-state index in [2.05, 4.69) is 19.5 Å². The summed E-state index contributed by atoms with van der Waals surface area (Å²) in [4.78, 5) is 8.18. The summed E-state index contributed by atoms with van der Waals surface area (Å²) in [5.74, 6) is -1.44. The van der Waals surface area contributed by atoms with Gasteiger partial charge in [-0.1, -0.05) is 6.07 Å². The molecule has 0 bridgehead atoms. The summed E-state index contributed by atoms with van der Waals surface area (Å²) in [6.45, 7) is 1.87. The zero-order valence-corrected chi connectivity index (χ0v) is 24.9. The quantitative estimate of drug-likeness (QED) is 0.162. The van der Waals surface area contributed by atoms with Gasteiger partial charge in [-0.2, -0.15) is 13.2 Å². The van der Waals surface area contributed by atoms with Gasteiger partial charge in [-0.3, -0.25) is 4.99 Å². The van der Waals surface area contributed by atoms with Crippen LogP contribution in [-0.4, -0.2) is 42.9 Å². The van der Waals surface area contributed by atoms with E-state index in [9.17, 15) is 35.5 Å². The van der Waals surface area contributed by atoms with Crippen molar-refractivity contribution in [2.24, 2.45) is 10.7 Å². The molecule has 1 aliphatic rings. The van der Waals surface area contributed by atoms with Gasteiger partial charge in [0.15, 0.2) is 33.0 Å². The molecule has 5 rings (SSSR count). The first-order valence-corrected chi connectivity index (χ1v) is 15.0. The van der Waals surface area contributed by atoms with Gasteiger partial charge in [0.05, 0.1) is 17.2 Å². The molecule has 0 saturated heterocycles. The first kappa shape index (κ1) is 32.6. The number of alkyl halides is 5. The predicted octanol–water partition coefficient (Wildman–Crippen LogP) is 6.84. The highest BCUT2D eigenvalue weighted by Crippen LogP contribution is 2.46. The van der Waals surface area contributed by atoms with Crippen molar-refractivity contribution in [3.8, 4) is 45.2 Å². The van der Waals surface area contributed by atoms with Crippen molar-refractivity contribution in [1.29, 1.82) is 0 Å². The average Bonchev–Trinajstić information content (AvgIpc) is 3.48. The van der Waals surface area contributed by atoms with E-state index in [0.717, 1.165) is 18.4 Å². The number of fused-ring (bicyclic) bond motifs is 1. The standard InChI is InChI=1S/C30H23F6N3O6S/c1-14(8-26(37)29(32,33)34)38-22-6-4-16(18-10-21(31)20(13-40)25(12-18)46(3,41)42)9-19(22)28-27(39-15(2)43-28)17-5-7-23-24(11-17)45-30(35,36)44-23/h4-12,40H,13,37H2,1-3H3. The lowest BCUT2D eigenvalue weighted by molar-refractivity contribution is -0.286. The number of hydrogen-bond donors (Lipinski definition) is 2.